The van der Waals surface area contributed by atoms with Gasteiger partial charge in [0.15, 0.2) is 22.9 Å². The number of aromatic amines is 1. The lowest BCUT2D eigenvalue weighted by molar-refractivity contribution is 0.279. The molecule has 10 nitrogen and oxygen atoms in total. The average molecular weight is 414 g/mol. The maximum atomic E-state index is 12.4. The second-order valence-electron chi connectivity index (χ2n) is 6.59. The molecule has 0 amide bonds. The molecule has 10 heteroatoms. The topological polar surface area (TPSA) is 119 Å². The van der Waals surface area contributed by atoms with Gasteiger partial charge in [-0.15, -0.1) is 0 Å². The van der Waals surface area contributed by atoms with Crippen LogP contribution in [0.2, 0.25) is 0 Å². The summed E-state index contributed by atoms with van der Waals surface area (Å²) in [5.41, 5.74) is 0.606. The first-order chi connectivity index (χ1) is 15.0. The van der Waals surface area contributed by atoms with Crippen LogP contribution >= 0.6 is 0 Å². The normalized spacial score (nSPS) is 10.7. The Labute approximate surface area is 175 Å². The summed E-state index contributed by atoms with van der Waals surface area (Å²) in [5, 5.41) is 9.81. The van der Waals surface area contributed by atoms with E-state index in [1.54, 1.807) is 22.8 Å². The van der Waals surface area contributed by atoms with Crippen LogP contribution in [0.5, 0.6) is 5.75 Å². The number of fused-ring (bicyclic) bond motifs is 2. The summed E-state index contributed by atoms with van der Waals surface area (Å²) >= 11 is 0. The van der Waals surface area contributed by atoms with Gasteiger partial charge in [-0.25, -0.2) is 9.78 Å². The minimum atomic E-state index is -0.826. The Hall–Kier alpha value is -4.54. The van der Waals surface area contributed by atoms with Crippen molar-refractivity contribution < 1.29 is 9.84 Å². The molecule has 0 aromatic heterocycles. The largest absolute Gasteiger partial charge is 0.497 e. The van der Waals surface area contributed by atoms with Crippen molar-refractivity contribution in [2.75, 3.05) is 7.11 Å². The van der Waals surface area contributed by atoms with Gasteiger partial charge in [0.2, 0.25) is 0 Å². The fraction of sp³-hybridized carbons (Fsp3) is 0.143. The van der Waals surface area contributed by atoms with Crippen molar-refractivity contribution in [3.05, 3.63) is 85.1 Å². The van der Waals surface area contributed by atoms with Gasteiger partial charge < -0.3 is 14.4 Å². The third kappa shape index (κ3) is 3.37. The zero-order valence-electron chi connectivity index (χ0n) is 16.2. The van der Waals surface area contributed by atoms with Crippen molar-refractivity contribution in [2.24, 2.45) is 0 Å². The third-order valence-corrected chi connectivity index (χ3v) is 4.86. The smallest absolute Gasteiger partial charge is 0.349 e. The third-order valence-electron chi connectivity index (χ3n) is 4.86. The molecule has 2 aromatic rings. The quantitative estimate of drug-likeness (QED) is 0.391. The van der Waals surface area contributed by atoms with Crippen LogP contribution in [0, 0.1) is 13.1 Å². The zero-order chi connectivity index (χ0) is 22.1. The first-order valence-electron chi connectivity index (χ1n) is 8.99. The second kappa shape index (κ2) is 7.71. The number of aromatic nitrogens is 4. The van der Waals surface area contributed by atoms with Crippen LogP contribution in [-0.2, 0) is 13.2 Å². The summed E-state index contributed by atoms with van der Waals surface area (Å²) in [5.74, 6) is 0.600. The number of methoxy groups -OCH3 is 1. The zero-order valence-corrected chi connectivity index (χ0v) is 16.2. The predicted octanol–water partition coefficient (Wildman–Crippen LogP) is 2.24. The average Bonchev–Trinajstić information content (AvgIpc) is 2.78. The molecule has 2 aromatic carbocycles. The van der Waals surface area contributed by atoms with Crippen LogP contribution in [0.4, 0.5) is 11.4 Å². The number of aliphatic hydroxyl groups is 1. The predicted molar refractivity (Wildman–Crippen MR) is 112 cm³/mol. The fourth-order valence-electron chi connectivity index (χ4n) is 3.36. The first kappa shape index (κ1) is 19.8. The molecule has 0 saturated heterocycles. The minimum absolute atomic E-state index is 0.0347. The number of rotatable bonds is 4. The van der Waals surface area contributed by atoms with Crippen molar-refractivity contribution in [2.45, 2.75) is 13.2 Å². The Kier molecular flexibility index (Phi) is 4.91. The Morgan fingerprint density at radius 2 is 1.84 bits per heavy atom. The molecule has 0 bridgehead atoms. The summed E-state index contributed by atoms with van der Waals surface area (Å²) in [4.78, 5) is 41.4. The molecule has 0 aliphatic carbocycles. The lowest BCUT2D eigenvalue weighted by Crippen LogP contribution is -2.29. The van der Waals surface area contributed by atoms with E-state index in [0.717, 1.165) is 0 Å². The molecule has 2 aliphatic rings. The highest BCUT2D eigenvalue weighted by Crippen LogP contribution is 2.34. The van der Waals surface area contributed by atoms with E-state index in [4.69, 9.17) is 17.9 Å². The van der Waals surface area contributed by atoms with Crippen molar-refractivity contribution >= 4 is 22.4 Å². The molecule has 0 spiro atoms. The van der Waals surface area contributed by atoms with Gasteiger partial charge in [0.1, 0.15) is 5.75 Å². The first-order valence-corrected chi connectivity index (χ1v) is 8.99. The van der Waals surface area contributed by atoms with Gasteiger partial charge >= 0.3 is 5.69 Å². The SMILES string of the molecule is [C-]#[N+]c1cc2nc3c(=O)[nH]c(=O)nc-3n(Cc3ccc(OC)cc3CO)c2cc1[N+]#[C-]. The van der Waals surface area contributed by atoms with Gasteiger partial charge in [0.25, 0.3) is 5.56 Å². The highest BCUT2D eigenvalue weighted by atomic mass is 16.5. The minimum Gasteiger partial charge on any atom is -0.497 e. The molecule has 0 unspecified atom stereocenters. The standard InChI is InChI=1S/C21H14N6O4/c1-22-14-7-16-17(8-15(14)23-2)27(19-18(24-16)20(29)26-21(30)25-19)9-11-4-5-13(31-3)6-12(11)10-28/h4-8,28H,9-10H2,3H3,(H,26,29,30). The summed E-state index contributed by atoms with van der Waals surface area (Å²) < 4.78 is 6.78. The van der Waals surface area contributed by atoms with Crippen LogP contribution in [0.25, 0.3) is 32.2 Å². The van der Waals surface area contributed by atoms with Gasteiger partial charge in [-0.3, -0.25) is 19.5 Å². The van der Waals surface area contributed by atoms with E-state index in [-0.39, 0.29) is 36.0 Å². The molecular weight excluding hydrogens is 400 g/mol. The monoisotopic (exact) mass is 414 g/mol. The molecule has 2 heterocycles. The number of hydrogen-bond acceptors (Lipinski definition) is 6. The van der Waals surface area contributed by atoms with Crippen molar-refractivity contribution in [3.63, 3.8) is 0 Å². The molecular formula is C21H14N6O4. The Bertz CT molecular complexity index is 1510. The van der Waals surface area contributed by atoms with Gasteiger partial charge in [0.05, 0.1) is 44.4 Å². The van der Waals surface area contributed by atoms with Crippen molar-refractivity contribution in [3.8, 4) is 17.3 Å². The van der Waals surface area contributed by atoms with Gasteiger partial charge in [0, 0.05) is 0 Å². The highest BCUT2D eigenvalue weighted by molar-refractivity contribution is 5.90. The van der Waals surface area contributed by atoms with Gasteiger partial charge in [-0.05, 0) is 35.4 Å². The van der Waals surface area contributed by atoms with Crippen LogP contribution in [0.1, 0.15) is 11.1 Å². The number of nitrogens with zero attached hydrogens (tertiary/aromatic N) is 5. The summed E-state index contributed by atoms with van der Waals surface area (Å²) in [7, 11) is 1.52. The molecule has 152 valence electrons. The number of benzene rings is 2. The molecule has 0 fully saturated rings. The number of ether oxygens (including phenoxy) is 1. The number of aliphatic hydroxyl groups excluding tert-OH is 1. The number of hydrogen-bond donors (Lipinski definition) is 2. The number of nitrogens with one attached hydrogen (secondary N) is 1. The maximum absolute atomic E-state index is 12.4. The van der Waals surface area contributed by atoms with Gasteiger partial charge in [-0.2, -0.15) is 4.98 Å². The summed E-state index contributed by atoms with van der Waals surface area (Å²) in [6.45, 7) is 14.6. The van der Waals surface area contributed by atoms with Crippen LogP contribution in [0.3, 0.4) is 0 Å². The van der Waals surface area contributed by atoms with Crippen LogP contribution in [-0.4, -0.2) is 31.7 Å². The second-order valence-corrected chi connectivity index (χ2v) is 6.59. The lowest BCUT2D eigenvalue weighted by Gasteiger charge is -2.19. The van der Waals surface area contributed by atoms with E-state index in [1.165, 1.54) is 19.2 Å². The Balaban J connectivity index is 2.08. The van der Waals surface area contributed by atoms with E-state index >= 15 is 0 Å². The molecule has 2 aliphatic heterocycles. The van der Waals surface area contributed by atoms with E-state index in [2.05, 4.69) is 24.6 Å². The summed E-state index contributed by atoms with van der Waals surface area (Å²) in [6, 6.07) is 8.07. The van der Waals surface area contributed by atoms with Crippen LogP contribution in [0.15, 0.2) is 39.9 Å². The van der Waals surface area contributed by atoms with E-state index < -0.39 is 11.2 Å². The van der Waals surface area contributed by atoms with Crippen LogP contribution < -0.4 is 16.0 Å². The van der Waals surface area contributed by atoms with Crippen molar-refractivity contribution in [1.29, 1.82) is 0 Å². The molecule has 0 radical (unpaired) electrons. The molecule has 31 heavy (non-hydrogen) atoms. The van der Waals surface area contributed by atoms with Gasteiger partial charge in [-0.1, -0.05) is 6.07 Å². The van der Waals surface area contributed by atoms with E-state index in [1.807, 2.05) is 0 Å². The molecule has 4 rings (SSSR count). The Morgan fingerprint density at radius 3 is 2.52 bits per heavy atom. The number of H-pyrrole nitrogens is 1. The molecule has 0 saturated carbocycles. The highest BCUT2D eigenvalue weighted by Gasteiger charge is 2.21. The Morgan fingerprint density at radius 1 is 1.10 bits per heavy atom. The van der Waals surface area contributed by atoms with E-state index in [0.29, 0.717) is 27.9 Å². The maximum Gasteiger partial charge on any atom is 0.349 e. The molecule has 0 atom stereocenters. The lowest BCUT2D eigenvalue weighted by atomic mass is 10.1. The fourth-order valence-corrected chi connectivity index (χ4v) is 3.36. The van der Waals surface area contributed by atoms with E-state index in [9.17, 15) is 14.7 Å². The van der Waals surface area contributed by atoms with Crippen molar-refractivity contribution in [1.82, 2.24) is 19.5 Å². The summed E-state index contributed by atoms with van der Waals surface area (Å²) in [6.07, 6.45) is 0. The molecule has 2 N–H and O–H groups in total.